The van der Waals surface area contributed by atoms with Crippen molar-refractivity contribution in [3.8, 4) is 0 Å². The van der Waals surface area contributed by atoms with E-state index in [2.05, 4.69) is 10.6 Å². The number of hydrogen-bond acceptors (Lipinski definition) is 3. The molecule has 1 aliphatic rings. The van der Waals surface area contributed by atoms with E-state index in [0.29, 0.717) is 24.7 Å². The summed E-state index contributed by atoms with van der Waals surface area (Å²) in [6.45, 7) is 2.07. The first kappa shape index (κ1) is 16.6. The van der Waals surface area contributed by atoms with Crippen LogP contribution in [0.25, 0.3) is 0 Å². The van der Waals surface area contributed by atoms with Crippen molar-refractivity contribution in [3.05, 3.63) is 0 Å². The van der Waals surface area contributed by atoms with E-state index in [9.17, 15) is 9.59 Å². The molecule has 3 atom stereocenters. The average Bonchev–Trinajstić information content (AvgIpc) is 3.15. The molecule has 0 radical (unpaired) electrons. The van der Waals surface area contributed by atoms with E-state index >= 15 is 0 Å². The Morgan fingerprint density at radius 1 is 1.25 bits per heavy atom. The van der Waals surface area contributed by atoms with E-state index in [-0.39, 0.29) is 25.1 Å². The number of amides is 2. The molecule has 1 fully saturated rings. The molecule has 1 rings (SSSR count). The lowest BCUT2D eigenvalue weighted by Gasteiger charge is -2.28. The molecule has 0 heterocycles. The molecular weight excluding hydrogens is 264 g/mol. The third-order valence-corrected chi connectivity index (χ3v) is 3.97. The first-order chi connectivity index (χ1) is 9.43. The maximum absolute atomic E-state index is 10.7. The number of rotatable bonds is 9. The standard InChI is InChI=1S/C13H24N2O5/c1-8(15-13(19)20)11(7-14-12(17)18)6-10(4-5-16)9-2-3-9/h8-11,14-16H,2-7H2,1H3,(H,17,18)(H,19,20). The summed E-state index contributed by atoms with van der Waals surface area (Å²) in [7, 11) is 0. The number of carboxylic acid groups (broad SMARTS) is 2. The molecular formula is C13H24N2O5. The Balaban J connectivity index is 2.58. The van der Waals surface area contributed by atoms with Crippen LogP contribution < -0.4 is 10.6 Å². The fourth-order valence-corrected chi connectivity index (χ4v) is 2.66. The number of hydrogen-bond donors (Lipinski definition) is 5. The lowest BCUT2D eigenvalue weighted by Crippen LogP contribution is -2.43. The first-order valence-electron chi connectivity index (χ1n) is 7.01. The van der Waals surface area contributed by atoms with E-state index in [1.165, 1.54) is 0 Å². The van der Waals surface area contributed by atoms with Gasteiger partial charge in [0.05, 0.1) is 0 Å². The molecule has 1 aliphatic carbocycles. The van der Waals surface area contributed by atoms with Crippen molar-refractivity contribution in [2.24, 2.45) is 17.8 Å². The molecule has 0 bridgehead atoms. The van der Waals surface area contributed by atoms with E-state index in [0.717, 1.165) is 12.8 Å². The predicted molar refractivity (Wildman–Crippen MR) is 72.7 cm³/mol. The molecule has 0 spiro atoms. The SMILES string of the molecule is CC(NC(=O)O)C(CNC(=O)O)CC(CCO)C1CC1. The molecule has 0 aromatic heterocycles. The van der Waals surface area contributed by atoms with Gasteiger partial charge >= 0.3 is 12.2 Å². The smallest absolute Gasteiger partial charge is 0.404 e. The van der Waals surface area contributed by atoms with Crippen LogP contribution in [0.5, 0.6) is 0 Å². The average molecular weight is 288 g/mol. The summed E-state index contributed by atoms with van der Waals surface area (Å²) in [5.41, 5.74) is 0. The molecule has 7 heteroatoms. The molecule has 2 amide bonds. The van der Waals surface area contributed by atoms with Crippen molar-refractivity contribution in [3.63, 3.8) is 0 Å². The molecule has 5 N–H and O–H groups in total. The summed E-state index contributed by atoms with van der Waals surface area (Å²) in [6.07, 6.45) is 1.47. The maximum atomic E-state index is 10.7. The lowest BCUT2D eigenvalue weighted by molar-refractivity contribution is 0.171. The maximum Gasteiger partial charge on any atom is 0.404 e. The van der Waals surface area contributed by atoms with Crippen molar-refractivity contribution < 1.29 is 24.9 Å². The fourth-order valence-electron chi connectivity index (χ4n) is 2.66. The lowest BCUT2D eigenvalue weighted by atomic mass is 9.85. The van der Waals surface area contributed by atoms with E-state index < -0.39 is 12.2 Å². The van der Waals surface area contributed by atoms with Gasteiger partial charge in [-0.3, -0.25) is 0 Å². The van der Waals surface area contributed by atoms with Gasteiger partial charge in [0.2, 0.25) is 0 Å². The van der Waals surface area contributed by atoms with Crippen LogP contribution in [0.4, 0.5) is 9.59 Å². The number of carbonyl (C=O) groups is 2. The van der Waals surface area contributed by atoms with Gasteiger partial charge in [0.15, 0.2) is 0 Å². The van der Waals surface area contributed by atoms with Gasteiger partial charge < -0.3 is 26.0 Å². The van der Waals surface area contributed by atoms with E-state index in [1.807, 2.05) is 0 Å². The topological polar surface area (TPSA) is 119 Å². The van der Waals surface area contributed by atoms with Crippen LogP contribution >= 0.6 is 0 Å². The number of aliphatic hydroxyl groups is 1. The van der Waals surface area contributed by atoms with Crippen molar-refractivity contribution in [1.82, 2.24) is 10.6 Å². The van der Waals surface area contributed by atoms with Gasteiger partial charge in [-0.05, 0) is 50.4 Å². The van der Waals surface area contributed by atoms with Crippen LogP contribution in [0, 0.1) is 17.8 Å². The highest BCUT2D eigenvalue weighted by atomic mass is 16.4. The van der Waals surface area contributed by atoms with E-state index in [1.54, 1.807) is 6.92 Å². The van der Waals surface area contributed by atoms with Crippen LogP contribution in [-0.4, -0.2) is 46.7 Å². The third kappa shape index (κ3) is 6.10. The van der Waals surface area contributed by atoms with Crippen LogP contribution in [0.2, 0.25) is 0 Å². The Morgan fingerprint density at radius 2 is 1.90 bits per heavy atom. The summed E-state index contributed by atoms with van der Waals surface area (Å²) in [6, 6.07) is -0.334. The molecule has 0 aromatic rings. The Labute approximate surface area is 118 Å². The van der Waals surface area contributed by atoms with E-state index in [4.69, 9.17) is 15.3 Å². The highest BCUT2D eigenvalue weighted by Gasteiger charge is 2.33. The van der Waals surface area contributed by atoms with Crippen LogP contribution in [0.1, 0.15) is 32.6 Å². The van der Waals surface area contributed by atoms with Crippen molar-refractivity contribution >= 4 is 12.2 Å². The second kappa shape index (κ2) is 7.94. The van der Waals surface area contributed by atoms with Crippen LogP contribution in [0.15, 0.2) is 0 Å². The van der Waals surface area contributed by atoms with Gasteiger partial charge in [-0.2, -0.15) is 0 Å². The summed E-state index contributed by atoms with van der Waals surface area (Å²) < 4.78 is 0. The Kier molecular flexibility index (Phi) is 6.57. The van der Waals surface area contributed by atoms with Gasteiger partial charge in [-0.25, -0.2) is 9.59 Å². The quantitative estimate of drug-likeness (QED) is 0.438. The Morgan fingerprint density at radius 3 is 2.35 bits per heavy atom. The third-order valence-electron chi connectivity index (χ3n) is 3.97. The van der Waals surface area contributed by atoms with Gasteiger partial charge in [-0.15, -0.1) is 0 Å². The minimum atomic E-state index is -1.11. The zero-order valence-electron chi connectivity index (χ0n) is 11.7. The Bertz CT molecular complexity index is 333. The minimum absolute atomic E-state index is 0.112. The summed E-state index contributed by atoms with van der Waals surface area (Å²) >= 11 is 0. The number of nitrogens with one attached hydrogen (secondary N) is 2. The molecule has 0 aliphatic heterocycles. The molecule has 20 heavy (non-hydrogen) atoms. The van der Waals surface area contributed by atoms with Crippen molar-refractivity contribution in [2.75, 3.05) is 13.2 Å². The number of aliphatic hydroxyl groups excluding tert-OH is 1. The second-order valence-electron chi connectivity index (χ2n) is 5.53. The molecule has 1 saturated carbocycles. The van der Waals surface area contributed by atoms with Gasteiger partial charge in [-0.1, -0.05) is 0 Å². The van der Waals surface area contributed by atoms with Crippen molar-refractivity contribution in [2.45, 2.75) is 38.6 Å². The summed E-state index contributed by atoms with van der Waals surface area (Å²) in [5, 5.41) is 31.3. The fraction of sp³-hybridized carbons (Fsp3) is 0.846. The predicted octanol–water partition coefficient (Wildman–Crippen LogP) is 1.32. The molecule has 0 saturated heterocycles. The first-order valence-corrected chi connectivity index (χ1v) is 7.01. The largest absolute Gasteiger partial charge is 0.465 e. The van der Waals surface area contributed by atoms with Crippen LogP contribution in [-0.2, 0) is 0 Å². The minimum Gasteiger partial charge on any atom is -0.465 e. The van der Waals surface area contributed by atoms with Gasteiger partial charge in [0.25, 0.3) is 0 Å². The zero-order chi connectivity index (χ0) is 15.1. The second-order valence-corrected chi connectivity index (χ2v) is 5.53. The Hall–Kier alpha value is -1.50. The van der Waals surface area contributed by atoms with Crippen molar-refractivity contribution in [1.29, 1.82) is 0 Å². The van der Waals surface area contributed by atoms with Crippen LogP contribution in [0.3, 0.4) is 0 Å². The van der Waals surface area contributed by atoms with Gasteiger partial charge in [0.1, 0.15) is 0 Å². The monoisotopic (exact) mass is 288 g/mol. The highest BCUT2D eigenvalue weighted by Crippen LogP contribution is 2.41. The summed E-state index contributed by atoms with van der Waals surface area (Å²) in [4.78, 5) is 21.3. The molecule has 3 unspecified atom stereocenters. The molecule has 0 aromatic carbocycles. The summed E-state index contributed by atoms with van der Waals surface area (Å²) in [5.74, 6) is 0.810. The molecule has 7 nitrogen and oxygen atoms in total. The van der Waals surface area contributed by atoms with Gasteiger partial charge in [0, 0.05) is 19.2 Å². The zero-order valence-corrected chi connectivity index (χ0v) is 11.7. The highest BCUT2D eigenvalue weighted by molar-refractivity contribution is 5.65. The molecule has 116 valence electrons. The normalized spacial score (nSPS) is 18.9.